The minimum absolute atomic E-state index is 0.0811. The lowest BCUT2D eigenvalue weighted by Crippen LogP contribution is -2.36. The van der Waals surface area contributed by atoms with Crippen molar-refractivity contribution < 1.29 is 9.53 Å². The highest BCUT2D eigenvalue weighted by molar-refractivity contribution is 7.99. The van der Waals surface area contributed by atoms with Crippen LogP contribution in [0, 0.1) is 0 Å². The fourth-order valence-electron chi connectivity index (χ4n) is 2.45. The fourth-order valence-corrected chi connectivity index (χ4v) is 3.28. The van der Waals surface area contributed by atoms with Crippen molar-refractivity contribution in [1.82, 2.24) is 4.98 Å². The van der Waals surface area contributed by atoms with Gasteiger partial charge >= 0.3 is 0 Å². The summed E-state index contributed by atoms with van der Waals surface area (Å²) in [6.45, 7) is 2.97. The van der Waals surface area contributed by atoms with Crippen LogP contribution in [0.2, 0.25) is 5.02 Å². The predicted molar refractivity (Wildman–Crippen MR) is 98.1 cm³/mol. The third kappa shape index (κ3) is 4.63. The van der Waals surface area contributed by atoms with Gasteiger partial charge in [0, 0.05) is 24.3 Å². The van der Waals surface area contributed by atoms with Crippen LogP contribution in [0.25, 0.3) is 0 Å². The van der Waals surface area contributed by atoms with Gasteiger partial charge in [-0.25, -0.2) is 4.98 Å². The van der Waals surface area contributed by atoms with Gasteiger partial charge in [-0.1, -0.05) is 29.4 Å². The van der Waals surface area contributed by atoms with Gasteiger partial charge in [0.15, 0.2) is 0 Å². The van der Waals surface area contributed by atoms with E-state index in [1.54, 1.807) is 12.3 Å². The zero-order chi connectivity index (χ0) is 16.8. The number of halogens is 1. The molecule has 2 aromatic rings. The summed E-state index contributed by atoms with van der Waals surface area (Å²) in [6, 6.07) is 11.2. The monoisotopic (exact) mass is 363 g/mol. The van der Waals surface area contributed by atoms with Gasteiger partial charge in [-0.15, -0.1) is 0 Å². The quantitative estimate of drug-likeness (QED) is 0.826. The van der Waals surface area contributed by atoms with Crippen molar-refractivity contribution in [2.45, 2.75) is 5.03 Å². The topological polar surface area (TPSA) is 54.5 Å². The molecule has 0 unspecified atom stereocenters. The zero-order valence-electron chi connectivity index (χ0n) is 13.1. The van der Waals surface area contributed by atoms with E-state index in [2.05, 4.69) is 15.2 Å². The van der Waals surface area contributed by atoms with Gasteiger partial charge in [-0.05, 0) is 30.3 Å². The molecule has 0 aliphatic carbocycles. The lowest BCUT2D eigenvalue weighted by molar-refractivity contribution is -0.113. The number of carbonyl (C=O) groups excluding carboxylic acids is 1. The highest BCUT2D eigenvalue weighted by Crippen LogP contribution is 2.30. The molecule has 126 valence electrons. The summed E-state index contributed by atoms with van der Waals surface area (Å²) in [5.74, 6) is 0.217. The number of morpholine rings is 1. The average Bonchev–Trinajstić information content (AvgIpc) is 2.62. The molecule has 2 heterocycles. The van der Waals surface area contributed by atoms with E-state index in [1.165, 1.54) is 11.8 Å². The summed E-state index contributed by atoms with van der Waals surface area (Å²) in [6.07, 6.45) is 1.72. The summed E-state index contributed by atoms with van der Waals surface area (Å²) < 4.78 is 5.39. The summed E-state index contributed by atoms with van der Waals surface area (Å²) in [5, 5.41) is 4.39. The van der Waals surface area contributed by atoms with Gasteiger partial charge in [0.1, 0.15) is 0 Å². The lowest BCUT2D eigenvalue weighted by Gasteiger charge is -2.30. The smallest absolute Gasteiger partial charge is 0.234 e. The second-order valence-electron chi connectivity index (χ2n) is 5.27. The number of thioether (sulfide) groups is 1. The van der Waals surface area contributed by atoms with Gasteiger partial charge in [-0.2, -0.15) is 0 Å². The Balaban J connectivity index is 1.66. The Morgan fingerprint density at radius 1 is 1.29 bits per heavy atom. The Labute approximate surface area is 150 Å². The van der Waals surface area contributed by atoms with Crippen LogP contribution >= 0.6 is 23.4 Å². The zero-order valence-corrected chi connectivity index (χ0v) is 14.6. The number of hydrogen-bond donors (Lipinski definition) is 1. The number of benzene rings is 1. The second-order valence-corrected chi connectivity index (χ2v) is 6.70. The van der Waals surface area contributed by atoms with Crippen LogP contribution in [0.4, 0.5) is 11.4 Å². The number of aromatic nitrogens is 1. The van der Waals surface area contributed by atoms with Gasteiger partial charge in [0.25, 0.3) is 0 Å². The molecule has 5 nitrogen and oxygen atoms in total. The van der Waals surface area contributed by atoms with Crippen LogP contribution < -0.4 is 10.2 Å². The van der Waals surface area contributed by atoms with Crippen LogP contribution in [0.3, 0.4) is 0 Å². The van der Waals surface area contributed by atoms with Crippen LogP contribution in [0.5, 0.6) is 0 Å². The van der Waals surface area contributed by atoms with E-state index < -0.39 is 0 Å². The number of pyridine rings is 1. The molecule has 1 N–H and O–H groups in total. The Kier molecular flexibility index (Phi) is 5.96. The molecule has 0 bridgehead atoms. The van der Waals surface area contributed by atoms with Crippen molar-refractivity contribution in [2.75, 3.05) is 42.3 Å². The van der Waals surface area contributed by atoms with E-state index in [4.69, 9.17) is 16.3 Å². The molecule has 0 atom stereocenters. The number of amides is 1. The maximum atomic E-state index is 12.3. The molecule has 1 amide bonds. The first-order valence-electron chi connectivity index (χ1n) is 7.68. The molecule has 1 fully saturated rings. The molecule has 0 radical (unpaired) electrons. The van der Waals surface area contributed by atoms with Crippen LogP contribution in [0.1, 0.15) is 0 Å². The molecule has 0 saturated carbocycles. The maximum Gasteiger partial charge on any atom is 0.234 e. The van der Waals surface area contributed by atoms with E-state index in [1.807, 2.05) is 30.3 Å². The number of anilines is 2. The van der Waals surface area contributed by atoms with Crippen LogP contribution in [-0.2, 0) is 9.53 Å². The van der Waals surface area contributed by atoms with Crippen LogP contribution in [0.15, 0.2) is 47.6 Å². The molecule has 0 spiro atoms. The van der Waals surface area contributed by atoms with Crippen molar-refractivity contribution in [3.8, 4) is 0 Å². The molecule has 1 aromatic carbocycles. The van der Waals surface area contributed by atoms with Crippen molar-refractivity contribution >= 4 is 40.6 Å². The summed E-state index contributed by atoms with van der Waals surface area (Å²) in [5.41, 5.74) is 1.70. The first-order valence-corrected chi connectivity index (χ1v) is 9.04. The second kappa shape index (κ2) is 8.37. The molecule has 1 saturated heterocycles. The third-order valence-corrected chi connectivity index (χ3v) is 4.75. The molecule has 1 aliphatic rings. The minimum atomic E-state index is -0.0811. The van der Waals surface area contributed by atoms with E-state index in [0.717, 1.165) is 29.5 Å². The van der Waals surface area contributed by atoms with E-state index in [-0.39, 0.29) is 5.91 Å². The van der Waals surface area contributed by atoms with Crippen molar-refractivity contribution in [1.29, 1.82) is 0 Å². The van der Waals surface area contributed by atoms with Gasteiger partial charge in [-0.3, -0.25) is 4.79 Å². The highest BCUT2D eigenvalue weighted by Gasteiger charge is 2.16. The Hall–Kier alpha value is -1.76. The Bertz CT molecular complexity index is 693. The summed E-state index contributed by atoms with van der Waals surface area (Å²) in [4.78, 5) is 18.7. The Morgan fingerprint density at radius 3 is 2.88 bits per heavy atom. The van der Waals surface area contributed by atoms with E-state index in [0.29, 0.717) is 24.0 Å². The Morgan fingerprint density at radius 2 is 2.12 bits per heavy atom. The maximum absolute atomic E-state index is 12.3. The number of nitrogens with zero attached hydrogens (tertiary/aromatic N) is 2. The van der Waals surface area contributed by atoms with Gasteiger partial charge < -0.3 is 15.0 Å². The number of rotatable bonds is 5. The van der Waals surface area contributed by atoms with Crippen molar-refractivity contribution in [3.63, 3.8) is 0 Å². The molecule has 1 aromatic heterocycles. The van der Waals surface area contributed by atoms with Crippen LogP contribution in [-0.4, -0.2) is 42.9 Å². The normalized spacial score (nSPS) is 14.5. The molecule has 3 rings (SSSR count). The molecular weight excluding hydrogens is 346 g/mol. The summed E-state index contributed by atoms with van der Waals surface area (Å²) in [7, 11) is 0. The number of ether oxygens (including phenoxy) is 1. The molecule has 7 heteroatoms. The molecule has 24 heavy (non-hydrogen) atoms. The standard InChI is InChI=1S/C17H18ClN3O2S/c18-13-4-5-15(21-7-9-23-10-8-21)14(11-13)20-16(22)12-24-17-3-1-2-6-19-17/h1-6,11H,7-10,12H2,(H,20,22). The average molecular weight is 364 g/mol. The first kappa shape index (κ1) is 17.1. The van der Waals surface area contributed by atoms with E-state index in [9.17, 15) is 4.79 Å². The van der Waals surface area contributed by atoms with Gasteiger partial charge in [0.2, 0.25) is 5.91 Å². The van der Waals surface area contributed by atoms with Crippen molar-refractivity contribution in [2.24, 2.45) is 0 Å². The third-order valence-electron chi connectivity index (χ3n) is 3.57. The molecule has 1 aliphatic heterocycles. The largest absolute Gasteiger partial charge is 0.378 e. The van der Waals surface area contributed by atoms with E-state index >= 15 is 0 Å². The number of carbonyl (C=O) groups is 1. The number of hydrogen-bond acceptors (Lipinski definition) is 5. The van der Waals surface area contributed by atoms with Crippen molar-refractivity contribution in [3.05, 3.63) is 47.6 Å². The lowest BCUT2D eigenvalue weighted by atomic mass is 10.2. The fraction of sp³-hybridized carbons (Fsp3) is 0.294. The SMILES string of the molecule is O=C(CSc1ccccn1)Nc1cc(Cl)ccc1N1CCOCC1. The highest BCUT2D eigenvalue weighted by atomic mass is 35.5. The minimum Gasteiger partial charge on any atom is -0.378 e. The first-order chi connectivity index (χ1) is 11.7. The molecular formula is C17H18ClN3O2S. The predicted octanol–water partition coefficient (Wildman–Crippen LogP) is 3.30. The summed E-state index contributed by atoms with van der Waals surface area (Å²) >= 11 is 7.51. The van der Waals surface area contributed by atoms with Gasteiger partial charge in [0.05, 0.1) is 35.4 Å². The number of nitrogens with one attached hydrogen (secondary N) is 1.